The van der Waals surface area contributed by atoms with Crippen molar-refractivity contribution in [2.75, 3.05) is 46.4 Å². The summed E-state index contributed by atoms with van der Waals surface area (Å²) in [5.74, 6) is 2.89. The van der Waals surface area contributed by atoms with Crippen LogP contribution in [0.1, 0.15) is 31.2 Å². The maximum absolute atomic E-state index is 12.8. The SMILES string of the molecule is COc1ccc(S(=O)(=O)NCC2CC3CCN2CC3CN2CCC(Cc3ccccc3)CC2)cc1. The van der Waals surface area contributed by atoms with Crippen LogP contribution < -0.4 is 9.46 Å². The molecule has 0 amide bonds. The van der Waals surface area contributed by atoms with Crippen LogP contribution in [0, 0.1) is 17.8 Å². The van der Waals surface area contributed by atoms with E-state index in [1.807, 2.05) is 0 Å². The third-order valence-corrected chi connectivity index (χ3v) is 9.90. The Morgan fingerprint density at radius 3 is 2.37 bits per heavy atom. The van der Waals surface area contributed by atoms with Gasteiger partial charge in [0.1, 0.15) is 5.75 Å². The second-order valence-electron chi connectivity index (χ2n) is 10.7. The Hall–Kier alpha value is -1.93. The zero-order valence-corrected chi connectivity index (χ0v) is 21.6. The normalized spacial score (nSPS) is 27.7. The molecule has 7 heteroatoms. The molecule has 1 N–H and O–H groups in total. The Labute approximate surface area is 210 Å². The highest BCUT2D eigenvalue weighted by molar-refractivity contribution is 7.89. The van der Waals surface area contributed by atoms with Gasteiger partial charge in [0.2, 0.25) is 10.0 Å². The summed E-state index contributed by atoms with van der Waals surface area (Å²) in [5, 5.41) is 0. The molecule has 4 heterocycles. The van der Waals surface area contributed by atoms with Crippen LogP contribution in [0.25, 0.3) is 0 Å². The number of methoxy groups -OCH3 is 1. The summed E-state index contributed by atoms with van der Waals surface area (Å²) in [6.45, 7) is 6.31. The van der Waals surface area contributed by atoms with Crippen LogP contribution in [-0.4, -0.2) is 70.6 Å². The lowest BCUT2D eigenvalue weighted by molar-refractivity contribution is -0.0139. The van der Waals surface area contributed by atoms with Crippen LogP contribution in [-0.2, 0) is 16.4 Å². The zero-order chi connectivity index (χ0) is 24.3. The molecule has 190 valence electrons. The van der Waals surface area contributed by atoms with Crippen molar-refractivity contribution in [3.05, 3.63) is 60.2 Å². The number of hydrogen-bond acceptors (Lipinski definition) is 5. The smallest absolute Gasteiger partial charge is 0.240 e. The van der Waals surface area contributed by atoms with E-state index in [4.69, 9.17) is 4.74 Å². The molecule has 35 heavy (non-hydrogen) atoms. The van der Waals surface area contributed by atoms with Gasteiger partial charge in [-0.25, -0.2) is 13.1 Å². The van der Waals surface area contributed by atoms with Crippen molar-refractivity contribution in [2.24, 2.45) is 17.8 Å². The molecule has 0 spiro atoms. The van der Waals surface area contributed by atoms with Crippen molar-refractivity contribution in [3.63, 3.8) is 0 Å². The first-order chi connectivity index (χ1) is 17.0. The molecule has 4 atom stereocenters. The highest BCUT2D eigenvalue weighted by atomic mass is 32.2. The summed E-state index contributed by atoms with van der Waals surface area (Å²) in [6.07, 6.45) is 6.15. The van der Waals surface area contributed by atoms with Gasteiger partial charge in [-0.15, -0.1) is 0 Å². The lowest BCUT2D eigenvalue weighted by Crippen LogP contribution is -2.58. The van der Waals surface area contributed by atoms with Gasteiger partial charge in [-0.2, -0.15) is 0 Å². The van der Waals surface area contributed by atoms with Gasteiger partial charge in [0, 0.05) is 25.7 Å². The maximum Gasteiger partial charge on any atom is 0.240 e. The number of likely N-dealkylation sites (tertiary alicyclic amines) is 1. The van der Waals surface area contributed by atoms with E-state index in [0.29, 0.717) is 35.1 Å². The number of piperidine rings is 4. The minimum atomic E-state index is -3.51. The lowest BCUT2D eigenvalue weighted by atomic mass is 9.75. The molecule has 4 fully saturated rings. The first-order valence-electron chi connectivity index (χ1n) is 13.1. The Morgan fingerprint density at radius 1 is 0.971 bits per heavy atom. The Bertz CT molecular complexity index is 1050. The Kier molecular flexibility index (Phi) is 7.77. The topological polar surface area (TPSA) is 61.9 Å². The van der Waals surface area contributed by atoms with E-state index >= 15 is 0 Å². The molecular weight excluding hydrogens is 458 g/mol. The van der Waals surface area contributed by atoms with E-state index in [-0.39, 0.29) is 0 Å². The van der Waals surface area contributed by atoms with E-state index in [1.165, 1.54) is 50.9 Å². The molecule has 2 bridgehead atoms. The van der Waals surface area contributed by atoms with Crippen LogP contribution >= 0.6 is 0 Å². The maximum atomic E-state index is 12.8. The van der Waals surface area contributed by atoms with E-state index < -0.39 is 10.0 Å². The van der Waals surface area contributed by atoms with Crippen LogP contribution in [0.5, 0.6) is 5.75 Å². The molecule has 4 unspecified atom stereocenters. The zero-order valence-electron chi connectivity index (χ0n) is 20.8. The second kappa shape index (κ2) is 11.0. The summed E-state index contributed by atoms with van der Waals surface area (Å²) in [6, 6.07) is 17.8. The van der Waals surface area contributed by atoms with Gasteiger partial charge < -0.3 is 9.64 Å². The Morgan fingerprint density at radius 2 is 1.71 bits per heavy atom. The van der Waals surface area contributed by atoms with E-state index in [9.17, 15) is 8.42 Å². The quantitative estimate of drug-likeness (QED) is 0.573. The minimum Gasteiger partial charge on any atom is -0.497 e. The summed E-state index contributed by atoms with van der Waals surface area (Å²) in [5.41, 5.74) is 1.47. The van der Waals surface area contributed by atoms with Crippen LogP contribution in [0.3, 0.4) is 0 Å². The molecule has 4 aliphatic rings. The number of nitrogens with zero attached hydrogens (tertiary/aromatic N) is 2. The largest absolute Gasteiger partial charge is 0.497 e. The number of ether oxygens (including phenoxy) is 1. The van der Waals surface area contributed by atoms with Crippen molar-refractivity contribution in [1.29, 1.82) is 0 Å². The van der Waals surface area contributed by atoms with Gasteiger partial charge in [-0.1, -0.05) is 30.3 Å². The number of nitrogens with one attached hydrogen (secondary N) is 1. The third kappa shape index (κ3) is 6.08. The molecule has 0 saturated carbocycles. The van der Waals surface area contributed by atoms with Gasteiger partial charge in [-0.05, 0) is 99.3 Å². The third-order valence-electron chi connectivity index (χ3n) is 8.46. The molecule has 2 aromatic rings. The standard InChI is InChI=1S/C28H39N3O3S/c1-34-27-7-9-28(10-8-27)35(32,33)29-19-26-18-24-13-16-31(26)21-25(24)20-30-14-11-23(12-15-30)17-22-5-3-2-4-6-22/h2-10,23-26,29H,11-21H2,1H3. The molecule has 0 radical (unpaired) electrons. The first-order valence-corrected chi connectivity index (χ1v) is 14.6. The van der Waals surface area contributed by atoms with Gasteiger partial charge in [-0.3, -0.25) is 4.90 Å². The molecule has 4 aliphatic heterocycles. The van der Waals surface area contributed by atoms with E-state index in [0.717, 1.165) is 25.4 Å². The van der Waals surface area contributed by atoms with Crippen molar-refractivity contribution in [3.8, 4) is 5.75 Å². The fourth-order valence-electron chi connectivity index (χ4n) is 6.36. The van der Waals surface area contributed by atoms with Crippen molar-refractivity contribution >= 4 is 10.0 Å². The molecule has 6 rings (SSSR count). The predicted molar refractivity (Wildman–Crippen MR) is 139 cm³/mol. The van der Waals surface area contributed by atoms with Gasteiger partial charge in [0.05, 0.1) is 12.0 Å². The summed E-state index contributed by atoms with van der Waals surface area (Å²) >= 11 is 0. The van der Waals surface area contributed by atoms with Gasteiger partial charge in [0.25, 0.3) is 0 Å². The summed E-state index contributed by atoms with van der Waals surface area (Å²) in [4.78, 5) is 5.52. The van der Waals surface area contributed by atoms with Crippen LogP contribution in [0.4, 0.5) is 0 Å². The average Bonchev–Trinajstić information content (AvgIpc) is 2.90. The molecule has 6 nitrogen and oxygen atoms in total. The van der Waals surface area contributed by atoms with Crippen LogP contribution in [0.2, 0.25) is 0 Å². The number of rotatable bonds is 9. The molecule has 4 saturated heterocycles. The summed E-state index contributed by atoms with van der Waals surface area (Å²) in [7, 11) is -1.93. The molecule has 0 aromatic heterocycles. The van der Waals surface area contributed by atoms with Crippen molar-refractivity contribution in [1.82, 2.24) is 14.5 Å². The number of benzene rings is 2. The molecule has 0 aliphatic carbocycles. The lowest BCUT2D eigenvalue weighted by Gasteiger charge is -2.51. The Balaban J connectivity index is 1.08. The highest BCUT2D eigenvalue weighted by Crippen LogP contribution is 2.37. The van der Waals surface area contributed by atoms with E-state index in [2.05, 4.69) is 44.9 Å². The van der Waals surface area contributed by atoms with E-state index in [1.54, 1.807) is 31.4 Å². The fraction of sp³-hybridized carbons (Fsp3) is 0.571. The molecular formula is C28H39N3O3S. The van der Waals surface area contributed by atoms with Crippen molar-refractivity contribution in [2.45, 2.75) is 43.0 Å². The monoisotopic (exact) mass is 497 g/mol. The van der Waals surface area contributed by atoms with Gasteiger partial charge >= 0.3 is 0 Å². The second-order valence-corrected chi connectivity index (χ2v) is 12.4. The predicted octanol–water partition coefficient (Wildman–Crippen LogP) is 3.64. The number of sulfonamides is 1. The molecule has 2 aromatic carbocycles. The van der Waals surface area contributed by atoms with Gasteiger partial charge in [0.15, 0.2) is 0 Å². The average molecular weight is 498 g/mol. The first kappa shape index (κ1) is 24.8. The fourth-order valence-corrected chi connectivity index (χ4v) is 7.44. The number of hydrogen-bond donors (Lipinski definition) is 1. The van der Waals surface area contributed by atoms with Crippen LogP contribution in [0.15, 0.2) is 59.5 Å². The minimum absolute atomic E-state index is 0.294. The summed E-state index contributed by atoms with van der Waals surface area (Å²) < 4.78 is 33.6. The number of fused-ring (bicyclic) bond motifs is 3. The highest BCUT2D eigenvalue weighted by Gasteiger charge is 2.41. The van der Waals surface area contributed by atoms with Crippen molar-refractivity contribution < 1.29 is 13.2 Å².